The first-order valence-corrected chi connectivity index (χ1v) is 7.18. The van der Waals surface area contributed by atoms with E-state index in [1.165, 1.54) is 0 Å². The Morgan fingerprint density at radius 2 is 2.00 bits per heavy atom. The number of aliphatic imine (C=N–C) groups is 1. The molecule has 2 aromatic carbocycles. The molecule has 0 aliphatic carbocycles. The third kappa shape index (κ3) is 3.73. The van der Waals surface area contributed by atoms with Crippen LogP contribution < -0.4 is 15.8 Å². The molecule has 2 aromatic rings. The SMILES string of the molecule is C=C(Nc1ccc2ccc(OC)cc2c1)/C(C)=C(\N=C/N)C(=O)O. The van der Waals surface area contributed by atoms with E-state index in [9.17, 15) is 9.90 Å². The predicted molar refractivity (Wildman–Crippen MR) is 96.3 cm³/mol. The quantitative estimate of drug-likeness (QED) is 0.328. The molecule has 0 saturated heterocycles. The van der Waals surface area contributed by atoms with Gasteiger partial charge in [-0.2, -0.15) is 0 Å². The summed E-state index contributed by atoms with van der Waals surface area (Å²) >= 11 is 0. The van der Waals surface area contributed by atoms with Gasteiger partial charge in [-0.15, -0.1) is 0 Å². The molecule has 0 spiro atoms. The van der Waals surface area contributed by atoms with Crippen molar-refractivity contribution in [3.63, 3.8) is 0 Å². The Morgan fingerprint density at radius 3 is 2.62 bits per heavy atom. The molecule has 0 bridgehead atoms. The summed E-state index contributed by atoms with van der Waals surface area (Å²) < 4.78 is 5.23. The number of nitrogens with one attached hydrogen (secondary N) is 1. The van der Waals surface area contributed by atoms with Crippen molar-refractivity contribution < 1.29 is 14.6 Å². The van der Waals surface area contributed by atoms with E-state index < -0.39 is 5.97 Å². The standard InChI is InChI=1S/C18H19N3O3/c1-11(17(18(22)23)20-10-19)12(2)21-15-6-4-13-5-7-16(24-3)9-14(13)8-15/h4-10,21H,2H2,1,3H3,(H2,19,20)(H,22,23)/b17-11-. The van der Waals surface area contributed by atoms with Crippen molar-refractivity contribution in [2.75, 3.05) is 12.4 Å². The van der Waals surface area contributed by atoms with Gasteiger partial charge in [0.05, 0.1) is 13.4 Å². The first-order chi connectivity index (χ1) is 11.5. The number of carboxylic acid groups (broad SMARTS) is 1. The minimum Gasteiger partial charge on any atom is -0.497 e. The molecular weight excluding hydrogens is 306 g/mol. The predicted octanol–water partition coefficient (Wildman–Crippen LogP) is 3.12. The molecule has 0 fully saturated rings. The van der Waals surface area contributed by atoms with Crippen molar-refractivity contribution in [1.82, 2.24) is 0 Å². The molecule has 6 heteroatoms. The maximum atomic E-state index is 11.2. The zero-order valence-corrected chi connectivity index (χ0v) is 13.5. The summed E-state index contributed by atoms with van der Waals surface area (Å²) in [5.74, 6) is -0.402. The zero-order chi connectivity index (χ0) is 17.7. The van der Waals surface area contributed by atoms with E-state index in [1.54, 1.807) is 14.0 Å². The van der Waals surface area contributed by atoms with Gasteiger partial charge in [-0.3, -0.25) is 0 Å². The summed E-state index contributed by atoms with van der Waals surface area (Å²) in [6.07, 6.45) is 0.947. The minimum absolute atomic E-state index is 0.155. The molecule has 2 rings (SSSR count). The monoisotopic (exact) mass is 325 g/mol. The summed E-state index contributed by atoms with van der Waals surface area (Å²) in [7, 11) is 1.62. The number of hydrogen-bond acceptors (Lipinski definition) is 4. The molecule has 0 aliphatic heterocycles. The first-order valence-electron chi connectivity index (χ1n) is 7.18. The highest BCUT2D eigenvalue weighted by Gasteiger charge is 2.12. The molecule has 0 atom stereocenters. The van der Waals surface area contributed by atoms with E-state index in [0.29, 0.717) is 11.3 Å². The number of aliphatic carboxylic acids is 1. The van der Waals surface area contributed by atoms with Gasteiger partial charge in [0.1, 0.15) is 5.75 Å². The number of nitrogens with two attached hydrogens (primary N) is 1. The van der Waals surface area contributed by atoms with Crippen LogP contribution in [0.25, 0.3) is 10.8 Å². The van der Waals surface area contributed by atoms with E-state index >= 15 is 0 Å². The van der Waals surface area contributed by atoms with Crippen LogP contribution in [0.4, 0.5) is 5.69 Å². The van der Waals surface area contributed by atoms with Gasteiger partial charge in [0.25, 0.3) is 0 Å². The topological polar surface area (TPSA) is 96.9 Å². The molecule has 0 radical (unpaired) electrons. The fraction of sp³-hybridized carbons (Fsp3) is 0.111. The molecule has 4 N–H and O–H groups in total. The van der Waals surface area contributed by atoms with Gasteiger partial charge in [0.15, 0.2) is 5.70 Å². The van der Waals surface area contributed by atoms with Gasteiger partial charge >= 0.3 is 5.97 Å². The Hall–Kier alpha value is -3.28. The molecule has 0 aromatic heterocycles. The summed E-state index contributed by atoms with van der Waals surface area (Å²) in [5, 5.41) is 14.3. The number of anilines is 1. The lowest BCUT2D eigenvalue weighted by Gasteiger charge is -2.12. The Labute approximate surface area is 140 Å². The van der Waals surface area contributed by atoms with Crippen LogP contribution in [0.1, 0.15) is 6.92 Å². The van der Waals surface area contributed by atoms with Gasteiger partial charge in [-0.05, 0) is 42.0 Å². The number of carbonyl (C=O) groups is 1. The van der Waals surface area contributed by atoms with Crippen molar-refractivity contribution in [2.24, 2.45) is 10.7 Å². The van der Waals surface area contributed by atoms with Crippen LogP contribution in [-0.2, 0) is 4.79 Å². The Morgan fingerprint density at radius 1 is 1.29 bits per heavy atom. The molecule has 0 saturated carbocycles. The molecule has 6 nitrogen and oxygen atoms in total. The second-order valence-electron chi connectivity index (χ2n) is 5.09. The van der Waals surface area contributed by atoms with Crippen LogP contribution in [-0.4, -0.2) is 24.5 Å². The lowest BCUT2D eigenvalue weighted by atomic mass is 10.1. The highest BCUT2D eigenvalue weighted by Crippen LogP contribution is 2.25. The summed E-state index contributed by atoms with van der Waals surface area (Å²) in [5.41, 5.74) is 6.65. The van der Waals surface area contributed by atoms with Crippen molar-refractivity contribution in [2.45, 2.75) is 6.92 Å². The first kappa shape index (κ1) is 17.1. The average molecular weight is 325 g/mol. The van der Waals surface area contributed by atoms with Gasteiger partial charge in [0, 0.05) is 17.0 Å². The molecular formula is C18H19N3O3. The smallest absolute Gasteiger partial charge is 0.354 e. The highest BCUT2D eigenvalue weighted by molar-refractivity contribution is 5.90. The number of carboxylic acids is 1. The Balaban J connectivity index is 2.32. The third-order valence-electron chi connectivity index (χ3n) is 3.56. The Bertz CT molecular complexity index is 854. The minimum atomic E-state index is -1.17. The van der Waals surface area contributed by atoms with Gasteiger partial charge in [-0.1, -0.05) is 18.7 Å². The summed E-state index contributed by atoms with van der Waals surface area (Å²) in [6, 6.07) is 11.6. The second kappa shape index (κ2) is 7.32. The van der Waals surface area contributed by atoms with Crippen LogP contribution in [0, 0.1) is 0 Å². The van der Waals surface area contributed by atoms with Crippen LogP contribution >= 0.6 is 0 Å². The maximum Gasteiger partial charge on any atom is 0.354 e. The van der Waals surface area contributed by atoms with Crippen molar-refractivity contribution in [1.29, 1.82) is 0 Å². The molecule has 24 heavy (non-hydrogen) atoms. The number of benzene rings is 2. The fourth-order valence-corrected chi connectivity index (χ4v) is 2.23. The number of nitrogens with zero attached hydrogens (tertiary/aromatic N) is 1. The summed E-state index contributed by atoms with van der Waals surface area (Å²) in [4.78, 5) is 14.9. The second-order valence-corrected chi connectivity index (χ2v) is 5.09. The van der Waals surface area contributed by atoms with E-state index in [1.807, 2.05) is 36.4 Å². The van der Waals surface area contributed by atoms with Crippen molar-refractivity contribution >= 4 is 28.8 Å². The van der Waals surface area contributed by atoms with Crippen LogP contribution in [0.5, 0.6) is 5.75 Å². The molecule has 0 aliphatic rings. The number of methoxy groups -OCH3 is 1. The average Bonchev–Trinajstić information content (AvgIpc) is 2.58. The lowest BCUT2D eigenvalue weighted by molar-refractivity contribution is -0.132. The fourth-order valence-electron chi connectivity index (χ4n) is 2.23. The van der Waals surface area contributed by atoms with E-state index in [-0.39, 0.29) is 5.70 Å². The van der Waals surface area contributed by atoms with E-state index in [2.05, 4.69) is 16.9 Å². The van der Waals surface area contributed by atoms with Crippen LogP contribution in [0.2, 0.25) is 0 Å². The maximum absolute atomic E-state index is 11.2. The number of hydrogen-bond donors (Lipinski definition) is 3. The van der Waals surface area contributed by atoms with Crippen molar-refractivity contribution in [3.8, 4) is 5.75 Å². The number of rotatable bonds is 6. The van der Waals surface area contributed by atoms with Gasteiger partial charge in [-0.25, -0.2) is 9.79 Å². The summed E-state index contributed by atoms with van der Waals surface area (Å²) in [6.45, 7) is 5.50. The Kier molecular flexibility index (Phi) is 5.21. The normalized spacial score (nSPS) is 12.1. The van der Waals surface area contributed by atoms with Crippen LogP contribution in [0.15, 0.2) is 64.9 Å². The largest absolute Gasteiger partial charge is 0.497 e. The molecule has 0 amide bonds. The van der Waals surface area contributed by atoms with E-state index in [4.69, 9.17) is 10.5 Å². The number of fused-ring (bicyclic) bond motifs is 1. The van der Waals surface area contributed by atoms with Crippen LogP contribution in [0.3, 0.4) is 0 Å². The molecule has 0 heterocycles. The number of ether oxygens (including phenoxy) is 1. The van der Waals surface area contributed by atoms with E-state index in [0.717, 1.165) is 28.5 Å². The zero-order valence-electron chi connectivity index (χ0n) is 13.5. The number of allylic oxidation sites excluding steroid dienone is 1. The van der Waals surface area contributed by atoms with Crippen molar-refractivity contribution in [3.05, 3.63) is 59.9 Å². The lowest BCUT2D eigenvalue weighted by Crippen LogP contribution is -2.08. The molecule has 0 unspecified atom stereocenters. The van der Waals surface area contributed by atoms with Gasteiger partial charge < -0.3 is 20.9 Å². The highest BCUT2D eigenvalue weighted by atomic mass is 16.5. The van der Waals surface area contributed by atoms with Gasteiger partial charge in [0.2, 0.25) is 0 Å². The third-order valence-corrected chi connectivity index (χ3v) is 3.56. The molecule has 124 valence electrons.